The van der Waals surface area contributed by atoms with Gasteiger partial charge in [-0.05, 0) is 32.4 Å². The maximum absolute atomic E-state index is 15.8. The molecule has 3 aliphatic rings. The van der Waals surface area contributed by atoms with Gasteiger partial charge < -0.3 is 18.9 Å². The quantitative estimate of drug-likeness (QED) is 0.497. The van der Waals surface area contributed by atoms with E-state index in [4.69, 9.17) is 14.0 Å². The molecule has 1 spiro atoms. The number of benzene rings is 1. The van der Waals surface area contributed by atoms with E-state index in [2.05, 4.69) is 15.8 Å². The normalized spacial score (nSPS) is 26.0. The number of barbiturate groups is 1. The van der Waals surface area contributed by atoms with Gasteiger partial charge in [0.25, 0.3) is 0 Å². The highest BCUT2D eigenvalue weighted by molar-refractivity contribution is 6.20. The number of carbonyl (C=O) groups excluding carboxylic acids is 4. The van der Waals surface area contributed by atoms with Crippen LogP contribution in [0.25, 0.3) is 11.0 Å². The average molecular weight is 460 g/mol. The minimum Gasteiger partial charge on any atom is -0.461 e. The van der Waals surface area contributed by atoms with Crippen LogP contribution in [0.3, 0.4) is 0 Å². The second-order valence-corrected chi connectivity index (χ2v) is 8.46. The van der Waals surface area contributed by atoms with Crippen molar-refractivity contribution in [3.05, 3.63) is 23.1 Å². The van der Waals surface area contributed by atoms with Gasteiger partial charge in [-0.15, -0.1) is 0 Å². The Bertz CT molecular complexity index is 1200. The fourth-order valence-electron chi connectivity index (χ4n) is 5.30. The van der Waals surface area contributed by atoms with Gasteiger partial charge >= 0.3 is 12.0 Å². The number of carbonyl (C=O) groups is 4. The molecule has 0 aliphatic carbocycles. The van der Waals surface area contributed by atoms with Gasteiger partial charge in [-0.25, -0.2) is 14.0 Å². The molecule has 4 amide bonds. The number of morpholine rings is 1. The van der Waals surface area contributed by atoms with Gasteiger partial charge in [0, 0.05) is 13.0 Å². The zero-order valence-corrected chi connectivity index (χ0v) is 18.1. The van der Waals surface area contributed by atoms with Crippen molar-refractivity contribution in [3.8, 4) is 0 Å². The van der Waals surface area contributed by atoms with E-state index in [0.717, 1.165) is 0 Å². The van der Waals surface area contributed by atoms with E-state index < -0.39 is 47.2 Å². The number of imide groups is 2. The number of nitrogens with zero attached hydrogens (tertiary/aromatic N) is 2. The molecule has 33 heavy (non-hydrogen) atoms. The molecule has 2 saturated heterocycles. The van der Waals surface area contributed by atoms with Gasteiger partial charge in [-0.3, -0.25) is 20.2 Å². The minimum absolute atomic E-state index is 0.0698. The number of amides is 4. The van der Waals surface area contributed by atoms with Crippen LogP contribution >= 0.6 is 0 Å². The Morgan fingerprint density at radius 2 is 2.00 bits per heavy atom. The van der Waals surface area contributed by atoms with Crippen molar-refractivity contribution in [1.82, 2.24) is 15.8 Å². The van der Waals surface area contributed by atoms with Crippen LogP contribution in [0.15, 0.2) is 10.6 Å². The lowest BCUT2D eigenvalue weighted by Crippen LogP contribution is -2.75. The number of nitrogens with one attached hydrogen (secondary N) is 2. The van der Waals surface area contributed by atoms with Crippen LogP contribution in [0.1, 0.15) is 36.8 Å². The highest BCUT2D eigenvalue weighted by Gasteiger charge is 2.63. The minimum atomic E-state index is -1.76. The van der Waals surface area contributed by atoms with Gasteiger partial charge in [0.1, 0.15) is 0 Å². The van der Waals surface area contributed by atoms with Crippen molar-refractivity contribution in [2.24, 2.45) is 5.41 Å². The molecule has 4 heterocycles. The first-order valence-electron chi connectivity index (χ1n) is 10.6. The molecule has 0 radical (unpaired) electrons. The van der Waals surface area contributed by atoms with Crippen LogP contribution in [0.2, 0.25) is 0 Å². The lowest BCUT2D eigenvalue weighted by Gasteiger charge is -2.55. The molecule has 0 unspecified atom stereocenters. The van der Waals surface area contributed by atoms with Crippen molar-refractivity contribution in [2.45, 2.75) is 45.4 Å². The topological polar surface area (TPSA) is 140 Å². The number of ether oxygens (including phenoxy) is 2. The number of aromatic nitrogens is 1. The van der Waals surface area contributed by atoms with Crippen LogP contribution in [-0.4, -0.2) is 60.4 Å². The van der Waals surface area contributed by atoms with E-state index >= 15 is 4.39 Å². The highest BCUT2D eigenvalue weighted by atomic mass is 19.1. The maximum Gasteiger partial charge on any atom is 0.361 e. The SMILES string of the molecule is CCOC(=O)c1noc2c(F)c3c(cc12)CC1(C(=O)NC(=O)NC1=O)[C@H]1[C@H](C)O[C@H](C)CN31. The number of fused-ring (bicyclic) bond motifs is 5. The van der Waals surface area contributed by atoms with Crippen LogP contribution in [0, 0.1) is 11.2 Å². The third-order valence-electron chi connectivity index (χ3n) is 6.43. The van der Waals surface area contributed by atoms with Crippen LogP contribution in [0.4, 0.5) is 14.9 Å². The van der Waals surface area contributed by atoms with E-state index in [-0.39, 0.29) is 48.0 Å². The Morgan fingerprint density at radius 3 is 2.67 bits per heavy atom. The molecule has 11 nitrogen and oxygen atoms in total. The summed E-state index contributed by atoms with van der Waals surface area (Å²) in [5, 5.41) is 8.09. The third kappa shape index (κ3) is 2.86. The summed E-state index contributed by atoms with van der Waals surface area (Å²) in [6, 6.07) is -0.333. The first-order valence-corrected chi connectivity index (χ1v) is 10.6. The molecule has 0 bridgehead atoms. The molecule has 3 atom stereocenters. The smallest absolute Gasteiger partial charge is 0.361 e. The summed E-state index contributed by atoms with van der Waals surface area (Å²) in [4.78, 5) is 52.0. The molecule has 2 aromatic rings. The number of urea groups is 1. The van der Waals surface area contributed by atoms with Crippen LogP contribution in [0.5, 0.6) is 0 Å². The van der Waals surface area contributed by atoms with E-state index in [9.17, 15) is 19.2 Å². The summed E-state index contributed by atoms with van der Waals surface area (Å²) in [5.74, 6) is -3.14. The molecule has 12 heteroatoms. The van der Waals surface area contributed by atoms with E-state index in [0.29, 0.717) is 5.56 Å². The fourth-order valence-corrected chi connectivity index (χ4v) is 5.30. The summed E-state index contributed by atoms with van der Waals surface area (Å²) in [6.45, 7) is 5.38. The Hall–Kier alpha value is -3.54. The summed E-state index contributed by atoms with van der Waals surface area (Å²) in [6.07, 6.45) is -1.21. The summed E-state index contributed by atoms with van der Waals surface area (Å²) in [5.41, 5.74) is -1.76. The number of hydrogen-bond acceptors (Lipinski definition) is 9. The number of hydrogen-bond donors (Lipinski definition) is 2. The average Bonchev–Trinajstić information content (AvgIpc) is 3.15. The maximum atomic E-state index is 15.8. The van der Waals surface area contributed by atoms with E-state index in [1.165, 1.54) is 6.07 Å². The van der Waals surface area contributed by atoms with Crippen LogP contribution in [-0.2, 0) is 25.5 Å². The molecule has 1 aromatic carbocycles. The Labute approximate surface area is 186 Å². The summed E-state index contributed by atoms with van der Waals surface area (Å²) < 4.78 is 31.9. The first kappa shape index (κ1) is 21.3. The van der Waals surface area contributed by atoms with Gasteiger partial charge in [0.15, 0.2) is 16.9 Å². The van der Waals surface area contributed by atoms with Gasteiger partial charge in [-0.2, -0.15) is 0 Å². The van der Waals surface area contributed by atoms with Crippen LogP contribution < -0.4 is 15.5 Å². The standard InChI is InChI=1S/C21H21FN4O7/c1-4-31-17(27)13-11-5-10-6-21(18(28)23-20(30)24-19(21)29)16-9(3)32-8(2)7-26(16)14(10)12(22)15(11)33-25-13/h5,8-9,16H,4,6-7H2,1-3H3,(H2,23,24,28,29,30)/t8-,9+,16-/m1/s1. The molecule has 174 valence electrons. The zero-order valence-electron chi connectivity index (χ0n) is 18.1. The lowest BCUT2D eigenvalue weighted by atomic mass is 9.66. The van der Waals surface area contributed by atoms with E-state index in [1.807, 2.05) is 0 Å². The molecule has 1 aromatic heterocycles. The molecule has 2 N–H and O–H groups in total. The fraction of sp³-hybridized carbons (Fsp3) is 0.476. The molecule has 3 aliphatic heterocycles. The lowest BCUT2D eigenvalue weighted by molar-refractivity contribution is -0.153. The summed E-state index contributed by atoms with van der Waals surface area (Å²) in [7, 11) is 0. The molecular weight excluding hydrogens is 439 g/mol. The Morgan fingerprint density at radius 1 is 1.30 bits per heavy atom. The second kappa shape index (κ2) is 7.24. The Balaban J connectivity index is 1.75. The number of anilines is 1. The third-order valence-corrected chi connectivity index (χ3v) is 6.43. The van der Waals surface area contributed by atoms with Gasteiger partial charge in [0.05, 0.1) is 35.9 Å². The number of halogens is 1. The molecule has 0 saturated carbocycles. The first-order chi connectivity index (χ1) is 15.7. The van der Waals surface area contributed by atoms with Gasteiger partial charge in [-0.1, -0.05) is 5.16 Å². The monoisotopic (exact) mass is 460 g/mol. The van der Waals surface area contributed by atoms with Crippen molar-refractivity contribution in [1.29, 1.82) is 0 Å². The molecule has 2 fully saturated rings. The van der Waals surface area contributed by atoms with E-state index in [1.54, 1.807) is 25.7 Å². The van der Waals surface area contributed by atoms with Crippen molar-refractivity contribution in [2.75, 3.05) is 18.1 Å². The van der Waals surface area contributed by atoms with Crippen molar-refractivity contribution < 1.29 is 37.6 Å². The highest BCUT2D eigenvalue weighted by Crippen LogP contribution is 2.49. The number of rotatable bonds is 2. The van der Waals surface area contributed by atoms with Crippen molar-refractivity contribution >= 4 is 40.5 Å². The molecule has 5 rings (SSSR count). The zero-order chi connectivity index (χ0) is 23.7. The Kier molecular flexibility index (Phi) is 4.67. The summed E-state index contributed by atoms with van der Waals surface area (Å²) >= 11 is 0. The van der Waals surface area contributed by atoms with Gasteiger partial charge in [0.2, 0.25) is 17.4 Å². The predicted octanol–water partition coefficient (Wildman–Crippen LogP) is 1.03. The largest absolute Gasteiger partial charge is 0.461 e. The van der Waals surface area contributed by atoms with Crippen molar-refractivity contribution in [3.63, 3.8) is 0 Å². The second-order valence-electron chi connectivity index (χ2n) is 8.46. The number of esters is 1. The molecular formula is C21H21FN4O7. The predicted molar refractivity (Wildman–Crippen MR) is 109 cm³/mol.